The summed E-state index contributed by atoms with van der Waals surface area (Å²) in [6, 6.07) is 26.8. The van der Waals surface area contributed by atoms with Crippen molar-refractivity contribution in [1.29, 1.82) is 0 Å². The van der Waals surface area contributed by atoms with Crippen molar-refractivity contribution in [3.05, 3.63) is 102 Å². The van der Waals surface area contributed by atoms with Gasteiger partial charge in [-0.2, -0.15) is 0 Å². The predicted molar refractivity (Wildman–Crippen MR) is 131 cm³/mol. The number of aromatic nitrogens is 2. The van der Waals surface area contributed by atoms with Gasteiger partial charge in [0, 0.05) is 31.1 Å². The van der Waals surface area contributed by atoms with E-state index in [9.17, 15) is 4.79 Å². The molecule has 0 radical (unpaired) electrons. The van der Waals surface area contributed by atoms with Gasteiger partial charge in [0.2, 0.25) is 5.91 Å². The summed E-state index contributed by atoms with van der Waals surface area (Å²) in [7, 11) is 0. The second-order valence-corrected chi connectivity index (χ2v) is 8.27. The van der Waals surface area contributed by atoms with Gasteiger partial charge >= 0.3 is 0 Å². The topological polar surface area (TPSA) is 38.1 Å². The first-order chi connectivity index (χ1) is 15.7. The highest BCUT2D eigenvalue weighted by Crippen LogP contribution is 2.34. The predicted octanol–water partition coefficient (Wildman–Crippen LogP) is 5.83. The van der Waals surface area contributed by atoms with Crippen LogP contribution in [0.25, 0.3) is 17.1 Å². The van der Waals surface area contributed by atoms with Gasteiger partial charge < -0.3 is 9.47 Å². The number of carbonyl (C=O) groups excluding carboxylic acids is 1. The molecule has 1 aliphatic heterocycles. The fraction of sp³-hybridized carbons (Fsp3) is 0.214. The molecule has 0 N–H and O–H groups in total. The van der Waals surface area contributed by atoms with Gasteiger partial charge in [-0.15, -0.1) is 0 Å². The summed E-state index contributed by atoms with van der Waals surface area (Å²) in [6.45, 7) is 3.53. The number of aryl methyl sites for hydroxylation is 1. The minimum atomic E-state index is 0.0740. The molecule has 1 saturated heterocycles. The van der Waals surface area contributed by atoms with Gasteiger partial charge in [0.15, 0.2) is 0 Å². The van der Waals surface area contributed by atoms with Gasteiger partial charge in [0.25, 0.3) is 0 Å². The number of allylic oxidation sites excluding steroid dienone is 1. The lowest BCUT2D eigenvalue weighted by Gasteiger charge is -2.20. The Bertz CT molecular complexity index is 1270. The van der Waals surface area contributed by atoms with Crippen LogP contribution in [0.15, 0.2) is 84.9 Å². The van der Waals surface area contributed by atoms with Gasteiger partial charge in [-0.1, -0.05) is 79.7 Å². The number of amides is 1. The molecule has 160 valence electrons. The maximum Gasteiger partial charge on any atom is 0.227 e. The standard InChI is InChI=1S/C28H27N3O/c1-2-22-14-6-8-16-25(22)31-20-23(19-27(31)32)28-29-24-15-7-9-17-26(24)30(28)18-10-13-21-11-4-3-5-12-21/h3-17,23H,2,18-20H2,1H3/b13-10+/t23-/m1/s1. The Kier molecular flexibility index (Phi) is 5.59. The average Bonchev–Trinajstić information content (AvgIpc) is 3.40. The third-order valence-electron chi connectivity index (χ3n) is 6.24. The summed E-state index contributed by atoms with van der Waals surface area (Å²) in [4.78, 5) is 20.0. The first kappa shape index (κ1) is 20.3. The molecule has 1 fully saturated rings. The van der Waals surface area contributed by atoms with E-state index in [4.69, 9.17) is 4.98 Å². The number of benzene rings is 3. The normalized spacial score (nSPS) is 16.5. The number of nitrogens with zero attached hydrogens (tertiary/aromatic N) is 3. The number of carbonyl (C=O) groups is 1. The molecule has 32 heavy (non-hydrogen) atoms. The molecule has 3 aromatic carbocycles. The second kappa shape index (κ2) is 8.83. The van der Waals surface area contributed by atoms with Crippen LogP contribution in [0.2, 0.25) is 0 Å². The first-order valence-corrected chi connectivity index (χ1v) is 11.3. The molecule has 0 saturated carbocycles. The summed E-state index contributed by atoms with van der Waals surface area (Å²) in [5.74, 6) is 1.24. The quantitative estimate of drug-likeness (QED) is 0.393. The van der Waals surface area contributed by atoms with E-state index in [0.29, 0.717) is 13.0 Å². The van der Waals surface area contributed by atoms with Crippen molar-refractivity contribution in [3.8, 4) is 0 Å². The molecule has 5 rings (SSSR count). The Balaban J connectivity index is 1.47. The highest BCUT2D eigenvalue weighted by molar-refractivity contribution is 5.97. The van der Waals surface area contributed by atoms with Gasteiger partial charge in [-0.25, -0.2) is 4.98 Å². The van der Waals surface area contributed by atoms with Crippen molar-refractivity contribution < 1.29 is 4.79 Å². The van der Waals surface area contributed by atoms with Crippen LogP contribution >= 0.6 is 0 Å². The fourth-order valence-corrected chi connectivity index (χ4v) is 4.64. The lowest BCUT2D eigenvalue weighted by Crippen LogP contribution is -2.25. The van der Waals surface area contributed by atoms with Crippen molar-refractivity contribution >= 4 is 28.7 Å². The van der Waals surface area contributed by atoms with Crippen LogP contribution in [-0.2, 0) is 17.8 Å². The third-order valence-corrected chi connectivity index (χ3v) is 6.24. The van der Waals surface area contributed by atoms with E-state index in [0.717, 1.165) is 35.5 Å². The highest BCUT2D eigenvalue weighted by Gasteiger charge is 2.35. The Morgan fingerprint density at radius 3 is 2.56 bits per heavy atom. The van der Waals surface area contributed by atoms with Crippen molar-refractivity contribution in [2.45, 2.75) is 32.2 Å². The zero-order chi connectivity index (χ0) is 21.9. The monoisotopic (exact) mass is 421 g/mol. The maximum absolute atomic E-state index is 13.0. The van der Waals surface area contributed by atoms with Crippen molar-refractivity contribution in [2.75, 3.05) is 11.4 Å². The summed E-state index contributed by atoms with van der Waals surface area (Å²) in [5, 5.41) is 0. The van der Waals surface area contributed by atoms with Crippen LogP contribution < -0.4 is 4.90 Å². The molecule has 1 amide bonds. The number of hydrogen-bond acceptors (Lipinski definition) is 2. The number of rotatable bonds is 6. The van der Waals surface area contributed by atoms with Crippen LogP contribution in [0, 0.1) is 0 Å². The molecule has 4 aromatic rings. The van der Waals surface area contributed by atoms with E-state index < -0.39 is 0 Å². The summed E-state index contributed by atoms with van der Waals surface area (Å²) < 4.78 is 2.27. The lowest BCUT2D eigenvalue weighted by atomic mass is 10.1. The van der Waals surface area contributed by atoms with Crippen molar-refractivity contribution in [3.63, 3.8) is 0 Å². The number of para-hydroxylation sites is 3. The zero-order valence-electron chi connectivity index (χ0n) is 18.3. The fourth-order valence-electron chi connectivity index (χ4n) is 4.64. The minimum Gasteiger partial charge on any atom is -0.324 e. The Hall–Kier alpha value is -3.66. The number of imidazole rings is 1. The van der Waals surface area contributed by atoms with Gasteiger partial charge in [0.05, 0.1) is 11.0 Å². The number of hydrogen-bond donors (Lipinski definition) is 0. The SMILES string of the molecule is CCc1ccccc1N1C[C@H](c2nc3ccccc3n2C/C=C/c2ccccc2)CC1=O. The van der Waals surface area contributed by atoms with Gasteiger partial charge in [-0.05, 0) is 35.7 Å². The van der Waals surface area contributed by atoms with E-state index in [2.05, 4.69) is 66.1 Å². The molecule has 1 atom stereocenters. The van der Waals surface area contributed by atoms with E-state index >= 15 is 0 Å². The molecule has 0 spiro atoms. The molecule has 2 heterocycles. The van der Waals surface area contributed by atoms with Crippen molar-refractivity contribution in [2.24, 2.45) is 0 Å². The molecule has 4 heteroatoms. The van der Waals surface area contributed by atoms with Crippen LogP contribution in [-0.4, -0.2) is 22.0 Å². The first-order valence-electron chi connectivity index (χ1n) is 11.3. The van der Waals surface area contributed by atoms with Crippen LogP contribution in [0.3, 0.4) is 0 Å². The van der Waals surface area contributed by atoms with Crippen LogP contribution in [0.1, 0.15) is 36.2 Å². The third kappa shape index (κ3) is 3.84. The summed E-state index contributed by atoms with van der Waals surface area (Å²) in [6.07, 6.45) is 5.72. The molecule has 1 aromatic heterocycles. The smallest absolute Gasteiger partial charge is 0.227 e. The van der Waals surface area contributed by atoms with Crippen molar-refractivity contribution in [1.82, 2.24) is 9.55 Å². The lowest BCUT2D eigenvalue weighted by molar-refractivity contribution is -0.117. The van der Waals surface area contributed by atoms with E-state index in [1.807, 2.05) is 41.3 Å². The average molecular weight is 422 g/mol. The minimum absolute atomic E-state index is 0.0740. The molecule has 1 aliphatic rings. The number of fused-ring (bicyclic) bond motifs is 1. The number of anilines is 1. The Labute approximate surface area is 188 Å². The maximum atomic E-state index is 13.0. The highest BCUT2D eigenvalue weighted by atomic mass is 16.2. The van der Waals surface area contributed by atoms with E-state index in [1.54, 1.807) is 0 Å². The second-order valence-electron chi connectivity index (χ2n) is 8.27. The van der Waals surface area contributed by atoms with Crippen LogP contribution in [0.5, 0.6) is 0 Å². The Morgan fingerprint density at radius 1 is 0.969 bits per heavy atom. The molecule has 4 nitrogen and oxygen atoms in total. The van der Waals surface area contributed by atoms with E-state index in [1.165, 1.54) is 11.1 Å². The molecular formula is C28H27N3O. The molecule has 0 bridgehead atoms. The Morgan fingerprint density at radius 2 is 1.72 bits per heavy atom. The zero-order valence-corrected chi connectivity index (χ0v) is 18.3. The summed E-state index contributed by atoms with van der Waals surface area (Å²) >= 11 is 0. The molecule has 0 aliphatic carbocycles. The van der Waals surface area contributed by atoms with Crippen LogP contribution in [0.4, 0.5) is 5.69 Å². The largest absolute Gasteiger partial charge is 0.324 e. The summed E-state index contributed by atoms with van der Waals surface area (Å²) in [5.41, 5.74) is 5.52. The molecule has 0 unspecified atom stereocenters. The molecular weight excluding hydrogens is 394 g/mol. The van der Waals surface area contributed by atoms with Gasteiger partial charge in [0.1, 0.15) is 5.82 Å². The van der Waals surface area contributed by atoms with Gasteiger partial charge in [-0.3, -0.25) is 4.79 Å². The van der Waals surface area contributed by atoms with E-state index in [-0.39, 0.29) is 11.8 Å².